The van der Waals surface area contributed by atoms with E-state index in [-0.39, 0.29) is 5.56 Å². The highest BCUT2D eigenvalue weighted by Crippen LogP contribution is 2.25. The van der Waals surface area contributed by atoms with Crippen molar-refractivity contribution >= 4 is 33.4 Å². The van der Waals surface area contributed by atoms with Crippen LogP contribution in [0.3, 0.4) is 0 Å². The first kappa shape index (κ1) is 25.0. The van der Waals surface area contributed by atoms with Gasteiger partial charge in [0.2, 0.25) is 0 Å². The minimum Gasteiger partial charge on any atom is -0.374 e. The third-order valence-electron chi connectivity index (χ3n) is 7.23. The molecular formula is C28H34ClN5O2. The highest BCUT2D eigenvalue weighted by Gasteiger charge is 2.16. The van der Waals surface area contributed by atoms with Crippen molar-refractivity contribution in [1.29, 1.82) is 0 Å². The van der Waals surface area contributed by atoms with Crippen LogP contribution in [-0.4, -0.2) is 50.9 Å². The fraction of sp³-hybridized carbons (Fsp3) is 0.429. The lowest BCUT2D eigenvalue weighted by Crippen LogP contribution is -2.26. The molecule has 3 N–H and O–H groups in total. The molecule has 0 spiro atoms. The van der Waals surface area contributed by atoms with E-state index >= 15 is 0 Å². The third-order valence-corrected chi connectivity index (χ3v) is 7.49. The largest absolute Gasteiger partial charge is 0.374 e. The highest BCUT2D eigenvalue weighted by molar-refractivity contribution is 6.30. The number of aromatic nitrogens is 3. The Morgan fingerprint density at radius 1 is 1.11 bits per heavy atom. The molecule has 36 heavy (non-hydrogen) atoms. The quantitative estimate of drug-likeness (QED) is 0.217. The van der Waals surface area contributed by atoms with Gasteiger partial charge in [-0.15, -0.1) is 0 Å². The van der Waals surface area contributed by atoms with E-state index in [0.29, 0.717) is 29.9 Å². The fourth-order valence-corrected chi connectivity index (χ4v) is 5.39. The van der Waals surface area contributed by atoms with Crippen LogP contribution in [0.5, 0.6) is 0 Å². The minimum absolute atomic E-state index is 0.0243. The zero-order chi connectivity index (χ0) is 25.1. The van der Waals surface area contributed by atoms with Gasteiger partial charge in [-0.2, -0.15) is 5.10 Å². The second kappa shape index (κ2) is 11.1. The number of nitrogens with zero attached hydrogens (tertiary/aromatic N) is 3. The van der Waals surface area contributed by atoms with Gasteiger partial charge in [0.25, 0.3) is 5.56 Å². The summed E-state index contributed by atoms with van der Waals surface area (Å²) >= 11 is 5.94. The molecule has 8 heteroatoms. The molecule has 0 aliphatic carbocycles. The van der Waals surface area contributed by atoms with Gasteiger partial charge in [-0.25, -0.2) is 0 Å². The van der Waals surface area contributed by atoms with E-state index < -0.39 is 6.23 Å². The number of benzene rings is 2. The molecule has 0 saturated carbocycles. The first-order chi connectivity index (χ1) is 17.5. The second-order valence-corrected chi connectivity index (χ2v) is 10.2. The third kappa shape index (κ3) is 5.34. The van der Waals surface area contributed by atoms with Crippen molar-refractivity contribution in [3.63, 3.8) is 0 Å². The number of aliphatic hydroxyl groups excluding tert-OH is 1. The Morgan fingerprint density at radius 2 is 1.89 bits per heavy atom. The summed E-state index contributed by atoms with van der Waals surface area (Å²) in [5, 5.41) is 23.4. The Labute approximate surface area is 216 Å². The molecule has 1 aliphatic rings. The van der Waals surface area contributed by atoms with Crippen molar-refractivity contribution < 1.29 is 5.11 Å². The number of rotatable bonds is 10. The van der Waals surface area contributed by atoms with Crippen LogP contribution in [0.1, 0.15) is 48.7 Å². The number of aryl methyl sites for hydroxylation is 3. The summed E-state index contributed by atoms with van der Waals surface area (Å²) in [6.07, 6.45) is 4.70. The molecule has 0 radical (unpaired) electrons. The Morgan fingerprint density at radius 3 is 2.67 bits per heavy atom. The molecule has 190 valence electrons. The predicted octanol–water partition coefficient (Wildman–Crippen LogP) is 4.54. The predicted molar refractivity (Wildman–Crippen MR) is 146 cm³/mol. The van der Waals surface area contributed by atoms with E-state index in [2.05, 4.69) is 38.6 Å². The Hall–Kier alpha value is -2.71. The number of nitrogens with one attached hydrogen (secondary N) is 2. The lowest BCUT2D eigenvalue weighted by molar-refractivity contribution is 0.138. The molecular weight excluding hydrogens is 474 g/mol. The van der Waals surface area contributed by atoms with Crippen molar-refractivity contribution in [2.75, 3.05) is 26.2 Å². The monoisotopic (exact) mass is 507 g/mol. The standard InChI is InChI=1S/C28H34ClN5O2/c1-19-25-26(32-31-19)23-18-20(6-4-16-33-14-2-3-15-33)7-12-24(23)34(28(25)36)17-5-13-30-27(35)21-8-10-22(29)11-9-21/h7-12,18,27,30,35H,2-6,13-17H2,1H3,(H,31,32). The van der Waals surface area contributed by atoms with E-state index in [1.165, 1.54) is 31.5 Å². The van der Waals surface area contributed by atoms with Crippen LogP contribution in [0.4, 0.5) is 0 Å². The number of hydrogen-bond donors (Lipinski definition) is 3. The number of H-pyrrole nitrogens is 1. The van der Waals surface area contributed by atoms with Crippen molar-refractivity contribution in [3.05, 3.63) is 74.7 Å². The van der Waals surface area contributed by atoms with E-state index in [0.717, 1.165) is 47.1 Å². The van der Waals surface area contributed by atoms with Gasteiger partial charge in [-0.3, -0.25) is 15.2 Å². The molecule has 0 amide bonds. The average Bonchev–Trinajstić information content (AvgIpc) is 3.54. The van der Waals surface area contributed by atoms with Gasteiger partial charge < -0.3 is 14.6 Å². The van der Waals surface area contributed by atoms with Crippen LogP contribution in [0.15, 0.2) is 47.3 Å². The van der Waals surface area contributed by atoms with E-state index in [1.807, 2.05) is 11.5 Å². The number of hydrogen-bond acceptors (Lipinski definition) is 5. The van der Waals surface area contributed by atoms with Crippen LogP contribution in [0.25, 0.3) is 21.8 Å². The summed E-state index contributed by atoms with van der Waals surface area (Å²) in [5.74, 6) is 0. The molecule has 1 unspecified atom stereocenters. The smallest absolute Gasteiger partial charge is 0.262 e. The van der Waals surface area contributed by atoms with Crippen molar-refractivity contribution in [2.45, 2.75) is 51.8 Å². The molecule has 2 aromatic carbocycles. The van der Waals surface area contributed by atoms with Crippen LogP contribution in [0, 0.1) is 6.92 Å². The van der Waals surface area contributed by atoms with E-state index in [9.17, 15) is 9.90 Å². The molecule has 5 rings (SSSR count). The summed E-state index contributed by atoms with van der Waals surface area (Å²) in [6.45, 7) is 6.60. The van der Waals surface area contributed by atoms with Gasteiger partial charge in [-0.05, 0) is 101 Å². The van der Waals surface area contributed by atoms with Gasteiger partial charge >= 0.3 is 0 Å². The topological polar surface area (TPSA) is 86.2 Å². The molecule has 2 aromatic heterocycles. The van der Waals surface area contributed by atoms with Gasteiger partial charge in [0.15, 0.2) is 0 Å². The lowest BCUT2D eigenvalue weighted by atomic mass is 10.0. The highest BCUT2D eigenvalue weighted by atomic mass is 35.5. The first-order valence-electron chi connectivity index (χ1n) is 12.9. The molecule has 1 atom stereocenters. The summed E-state index contributed by atoms with van der Waals surface area (Å²) in [7, 11) is 0. The van der Waals surface area contributed by atoms with Crippen LogP contribution in [-0.2, 0) is 13.0 Å². The first-order valence-corrected chi connectivity index (χ1v) is 13.3. The van der Waals surface area contributed by atoms with Crippen molar-refractivity contribution in [2.24, 2.45) is 0 Å². The number of halogens is 1. The Bertz CT molecular complexity index is 1390. The maximum absolute atomic E-state index is 13.4. The summed E-state index contributed by atoms with van der Waals surface area (Å²) < 4.78 is 1.85. The number of fused-ring (bicyclic) bond motifs is 3. The van der Waals surface area contributed by atoms with Crippen molar-refractivity contribution in [1.82, 2.24) is 25.0 Å². The maximum atomic E-state index is 13.4. The van der Waals surface area contributed by atoms with Gasteiger partial charge in [0, 0.05) is 22.6 Å². The normalized spacial score (nSPS) is 15.3. The zero-order valence-corrected chi connectivity index (χ0v) is 21.5. The number of pyridine rings is 1. The Balaban J connectivity index is 1.32. The number of aromatic amines is 1. The summed E-state index contributed by atoms with van der Waals surface area (Å²) in [6, 6.07) is 13.6. The zero-order valence-electron chi connectivity index (χ0n) is 20.8. The minimum atomic E-state index is -0.780. The van der Waals surface area contributed by atoms with Crippen molar-refractivity contribution in [3.8, 4) is 0 Å². The second-order valence-electron chi connectivity index (χ2n) is 9.79. The molecule has 0 bridgehead atoms. The average molecular weight is 508 g/mol. The molecule has 3 heterocycles. The van der Waals surface area contributed by atoms with Crippen LogP contribution in [0.2, 0.25) is 5.02 Å². The Kier molecular flexibility index (Phi) is 7.72. The fourth-order valence-electron chi connectivity index (χ4n) is 5.27. The molecule has 7 nitrogen and oxygen atoms in total. The maximum Gasteiger partial charge on any atom is 0.262 e. The summed E-state index contributed by atoms with van der Waals surface area (Å²) in [4.78, 5) is 16.0. The van der Waals surface area contributed by atoms with Crippen LogP contribution >= 0.6 is 11.6 Å². The van der Waals surface area contributed by atoms with Gasteiger partial charge in [0.05, 0.1) is 10.9 Å². The van der Waals surface area contributed by atoms with E-state index in [4.69, 9.17) is 11.6 Å². The number of aliphatic hydroxyl groups is 1. The lowest BCUT2D eigenvalue weighted by Gasteiger charge is -2.16. The molecule has 4 aromatic rings. The molecule has 1 aliphatic heterocycles. The number of likely N-dealkylation sites (tertiary alicyclic amines) is 1. The molecule has 1 fully saturated rings. The van der Waals surface area contributed by atoms with Gasteiger partial charge in [0.1, 0.15) is 11.7 Å². The molecule has 1 saturated heterocycles. The summed E-state index contributed by atoms with van der Waals surface area (Å²) in [5.41, 5.74) is 4.46. The van der Waals surface area contributed by atoms with Crippen LogP contribution < -0.4 is 10.9 Å². The van der Waals surface area contributed by atoms with Gasteiger partial charge in [-0.1, -0.05) is 29.8 Å². The SMILES string of the molecule is Cc1[nH]nc2c1c(=O)n(CCCNC(O)c1ccc(Cl)cc1)c1ccc(CCCN3CCCC3)cc21. The van der Waals surface area contributed by atoms with E-state index in [1.54, 1.807) is 24.3 Å².